The number of hydrogen-bond donors (Lipinski definition) is 1. The van der Waals surface area contributed by atoms with Gasteiger partial charge in [-0.15, -0.1) is 12.4 Å². The Morgan fingerprint density at radius 2 is 2.11 bits per heavy atom. The van der Waals surface area contributed by atoms with Crippen molar-refractivity contribution in [2.24, 2.45) is 0 Å². The summed E-state index contributed by atoms with van der Waals surface area (Å²) in [6.45, 7) is 1.98. The summed E-state index contributed by atoms with van der Waals surface area (Å²) in [6, 6.07) is 8.05. The second kappa shape index (κ2) is 8.58. The number of benzene rings is 1. The van der Waals surface area contributed by atoms with E-state index in [0.29, 0.717) is 0 Å². The molecule has 0 aliphatic heterocycles. The lowest BCUT2D eigenvalue weighted by atomic mass is 9.97. The Hall–Kier alpha value is -0.500. The molecule has 2 rings (SSSR count). The third kappa shape index (κ3) is 5.43. The van der Waals surface area contributed by atoms with Crippen LogP contribution in [0.25, 0.3) is 0 Å². The van der Waals surface area contributed by atoms with Crippen LogP contribution in [0.3, 0.4) is 0 Å². The van der Waals surface area contributed by atoms with Crippen LogP contribution < -0.4 is 5.32 Å². The van der Waals surface area contributed by atoms with E-state index in [0.717, 1.165) is 18.1 Å². The highest BCUT2D eigenvalue weighted by molar-refractivity contribution is 6.30. The van der Waals surface area contributed by atoms with E-state index < -0.39 is 0 Å². The van der Waals surface area contributed by atoms with Crippen LogP contribution in [0.5, 0.6) is 0 Å². The molecule has 0 aromatic heterocycles. The van der Waals surface area contributed by atoms with Crippen LogP contribution in [0.15, 0.2) is 35.9 Å². The standard InChI is InChI=1S/C15H20ClN.ClH/c16-15-8-4-7-14(11-15)12-17-10-9-13-5-2-1-3-6-13;/h4-5,7-8,11,17H,1-3,6,9-10,12H2;1H. The van der Waals surface area contributed by atoms with E-state index >= 15 is 0 Å². The molecule has 18 heavy (non-hydrogen) atoms. The molecule has 0 amide bonds. The third-order valence-corrected chi connectivity index (χ3v) is 3.46. The quantitative estimate of drug-likeness (QED) is 0.609. The Kier molecular flexibility index (Phi) is 7.41. The minimum Gasteiger partial charge on any atom is -0.312 e. The maximum absolute atomic E-state index is 5.94. The van der Waals surface area contributed by atoms with Crippen LogP contribution in [0.4, 0.5) is 0 Å². The molecule has 0 spiro atoms. The van der Waals surface area contributed by atoms with Crippen molar-refractivity contribution < 1.29 is 0 Å². The minimum atomic E-state index is 0. The lowest BCUT2D eigenvalue weighted by Crippen LogP contribution is -2.15. The summed E-state index contributed by atoms with van der Waals surface area (Å²) >= 11 is 5.94. The maximum Gasteiger partial charge on any atom is 0.0409 e. The monoisotopic (exact) mass is 285 g/mol. The van der Waals surface area contributed by atoms with Crippen molar-refractivity contribution in [2.45, 2.75) is 38.6 Å². The topological polar surface area (TPSA) is 12.0 Å². The van der Waals surface area contributed by atoms with Crippen LogP contribution >= 0.6 is 24.0 Å². The van der Waals surface area contributed by atoms with E-state index in [2.05, 4.69) is 17.5 Å². The van der Waals surface area contributed by atoms with Gasteiger partial charge in [0.25, 0.3) is 0 Å². The number of hydrogen-bond acceptors (Lipinski definition) is 1. The van der Waals surface area contributed by atoms with E-state index in [1.807, 2.05) is 18.2 Å². The summed E-state index contributed by atoms with van der Waals surface area (Å²) in [5.41, 5.74) is 2.89. The van der Waals surface area contributed by atoms with E-state index in [1.54, 1.807) is 5.57 Å². The molecule has 0 fully saturated rings. The Morgan fingerprint density at radius 3 is 2.83 bits per heavy atom. The van der Waals surface area contributed by atoms with Crippen LogP contribution in [0, 0.1) is 0 Å². The fourth-order valence-electron chi connectivity index (χ4n) is 2.26. The van der Waals surface area contributed by atoms with Gasteiger partial charge in [-0.05, 0) is 56.3 Å². The van der Waals surface area contributed by atoms with Gasteiger partial charge in [0, 0.05) is 11.6 Å². The first-order valence-electron chi connectivity index (χ1n) is 6.48. The van der Waals surface area contributed by atoms with Crippen molar-refractivity contribution in [3.8, 4) is 0 Å². The molecule has 1 nitrogen and oxygen atoms in total. The fraction of sp³-hybridized carbons (Fsp3) is 0.467. The van der Waals surface area contributed by atoms with Crippen molar-refractivity contribution in [3.05, 3.63) is 46.5 Å². The van der Waals surface area contributed by atoms with E-state index in [-0.39, 0.29) is 12.4 Å². The van der Waals surface area contributed by atoms with Gasteiger partial charge in [-0.25, -0.2) is 0 Å². The molecule has 0 heterocycles. The van der Waals surface area contributed by atoms with Crippen molar-refractivity contribution in [2.75, 3.05) is 6.54 Å². The zero-order chi connectivity index (χ0) is 11.9. The van der Waals surface area contributed by atoms with Gasteiger partial charge in [-0.3, -0.25) is 0 Å². The van der Waals surface area contributed by atoms with Crippen molar-refractivity contribution >= 4 is 24.0 Å². The van der Waals surface area contributed by atoms with E-state index in [9.17, 15) is 0 Å². The van der Waals surface area contributed by atoms with Gasteiger partial charge in [-0.1, -0.05) is 35.4 Å². The molecule has 0 atom stereocenters. The lowest BCUT2D eigenvalue weighted by molar-refractivity contribution is 0.632. The summed E-state index contributed by atoms with van der Waals surface area (Å²) in [5, 5.41) is 4.30. The van der Waals surface area contributed by atoms with Gasteiger partial charge < -0.3 is 5.32 Å². The summed E-state index contributed by atoms with van der Waals surface area (Å²) in [7, 11) is 0. The molecule has 1 aromatic rings. The summed E-state index contributed by atoms with van der Waals surface area (Å²) < 4.78 is 0. The molecular formula is C15H21Cl2N. The number of nitrogens with one attached hydrogen (secondary N) is 1. The van der Waals surface area contributed by atoms with Crippen LogP contribution in [-0.2, 0) is 6.54 Å². The Balaban J connectivity index is 0.00000162. The zero-order valence-corrected chi connectivity index (χ0v) is 12.2. The molecular weight excluding hydrogens is 265 g/mol. The lowest BCUT2D eigenvalue weighted by Gasteiger charge is -2.13. The highest BCUT2D eigenvalue weighted by Gasteiger charge is 2.02. The Morgan fingerprint density at radius 1 is 1.22 bits per heavy atom. The van der Waals surface area contributed by atoms with Gasteiger partial charge in [0.05, 0.1) is 0 Å². The van der Waals surface area contributed by atoms with E-state index in [4.69, 9.17) is 11.6 Å². The second-order valence-electron chi connectivity index (χ2n) is 4.66. The number of rotatable bonds is 5. The fourth-order valence-corrected chi connectivity index (χ4v) is 2.47. The van der Waals surface area contributed by atoms with Gasteiger partial charge in [0.1, 0.15) is 0 Å². The molecule has 0 saturated carbocycles. The average Bonchev–Trinajstić information content (AvgIpc) is 2.36. The summed E-state index contributed by atoms with van der Waals surface area (Å²) in [6.07, 6.45) is 8.95. The van der Waals surface area contributed by atoms with Crippen LogP contribution in [-0.4, -0.2) is 6.54 Å². The number of halogens is 2. The Bertz CT molecular complexity index is 388. The molecule has 0 radical (unpaired) electrons. The Labute approximate surface area is 121 Å². The van der Waals surface area contributed by atoms with Crippen molar-refractivity contribution in [1.82, 2.24) is 5.32 Å². The SMILES string of the molecule is Cl.Clc1cccc(CNCCC2=CCCCC2)c1. The van der Waals surface area contributed by atoms with Crippen molar-refractivity contribution in [1.29, 1.82) is 0 Å². The maximum atomic E-state index is 5.94. The first kappa shape index (κ1) is 15.6. The molecule has 1 aromatic carbocycles. The predicted octanol–water partition coefficient (Wildman–Crippen LogP) is 4.74. The highest BCUT2D eigenvalue weighted by atomic mass is 35.5. The zero-order valence-electron chi connectivity index (χ0n) is 10.6. The molecule has 0 bridgehead atoms. The predicted molar refractivity (Wildman–Crippen MR) is 81.6 cm³/mol. The molecule has 3 heteroatoms. The molecule has 1 N–H and O–H groups in total. The summed E-state index contributed by atoms with van der Waals surface area (Å²) in [4.78, 5) is 0. The normalized spacial score (nSPS) is 14.8. The van der Waals surface area contributed by atoms with Gasteiger partial charge >= 0.3 is 0 Å². The summed E-state index contributed by atoms with van der Waals surface area (Å²) in [5.74, 6) is 0. The first-order chi connectivity index (χ1) is 8.34. The van der Waals surface area contributed by atoms with Crippen molar-refractivity contribution in [3.63, 3.8) is 0 Å². The van der Waals surface area contributed by atoms with Gasteiger partial charge in [0.15, 0.2) is 0 Å². The first-order valence-corrected chi connectivity index (χ1v) is 6.85. The van der Waals surface area contributed by atoms with Gasteiger partial charge in [0.2, 0.25) is 0 Å². The molecule has 1 aliphatic rings. The molecule has 0 unspecified atom stereocenters. The van der Waals surface area contributed by atoms with Crippen LogP contribution in [0.2, 0.25) is 5.02 Å². The second-order valence-corrected chi connectivity index (χ2v) is 5.10. The third-order valence-electron chi connectivity index (χ3n) is 3.23. The smallest absolute Gasteiger partial charge is 0.0409 e. The van der Waals surface area contributed by atoms with Gasteiger partial charge in [-0.2, -0.15) is 0 Å². The molecule has 1 aliphatic carbocycles. The minimum absolute atomic E-state index is 0. The molecule has 100 valence electrons. The van der Waals surface area contributed by atoms with E-state index in [1.165, 1.54) is 37.7 Å². The largest absolute Gasteiger partial charge is 0.312 e. The highest BCUT2D eigenvalue weighted by Crippen LogP contribution is 2.19. The molecule has 0 saturated heterocycles. The number of allylic oxidation sites excluding steroid dienone is 1. The van der Waals surface area contributed by atoms with Crippen LogP contribution in [0.1, 0.15) is 37.7 Å². The average molecular weight is 286 g/mol.